The van der Waals surface area contributed by atoms with Gasteiger partial charge < -0.3 is 9.84 Å². The van der Waals surface area contributed by atoms with Gasteiger partial charge in [0.2, 0.25) is 10.0 Å². The molecule has 9 heteroatoms. The van der Waals surface area contributed by atoms with Gasteiger partial charge in [-0.1, -0.05) is 41.9 Å². The molecule has 0 fully saturated rings. The lowest BCUT2D eigenvalue weighted by molar-refractivity contribution is 0.0471. The number of ketones is 1. The third-order valence-electron chi connectivity index (χ3n) is 4.31. The van der Waals surface area contributed by atoms with Crippen LogP contribution in [0.25, 0.3) is 0 Å². The molecule has 0 bridgehead atoms. The number of halogens is 1. The van der Waals surface area contributed by atoms with Gasteiger partial charge in [-0.3, -0.25) is 4.79 Å². The summed E-state index contributed by atoms with van der Waals surface area (Å²) in [6, 6.07) is 18.2. The van der Waals surface area contributed by atoms with Crippen LogP contribution in [-0.2, 0) is 21.3 Å². The number of benzene rings is 3. The Kier molecular flexibility index (Phi) is 7.06. The average Bonchev–Trinajstić information content (AvgIpc) is 2.77. The van der Waals surface area contributed by atoms with Gasteiger partial charge in [-0.25, -0.2) is 17.9 Å². The molecule has 0 atom stereocenters. The highest BCUT2D eigenvalue weighted by Gasteiger charge is 2.21. The topological polar surface area (TPSA) is 110 Å². The highest BCUT2D eigenvalue weighted by molar-refractivity contribution is 7.89. The maximum absolute atomic E-state index is 12.6. The number of sulfonamides is 1. The van der Waals surface area contributed by atoms with Gasteiger partial charge in [0.05, 0.1) is 4.90 Å². The van der Waals surface area contributed by atoms with Crippen LogP contribution in [0.2, 0.25) is 5.02 Å². The minimum atomic E-state index is -3.96. The van der Waals surface area contributed by atoms with E-state index in [-0.39, 0.29) is 17.0 Å². The normalized spacial score (nSPS) is 11.1. The van der Waals surface area contributed by atoms with Crippen LogP contribution in [0, 0.1) is 0 Å². The molecule has 0 aliphatic carbocycles. The minimum absolute atomic E-state index is 0.0550. The number of phenolic OH excluding ortho intramolecular Hbond substituents is 1. The van der Waals surface area contributed by atoms with Crippen molar-refractivity contribution in [3.8, 4) is 5.75 Å². The van der Waals surface area contributed by atoms with Crippen LogP contribution in [0.1, 0.15) is 26.3 Å². The number of Topliss-reactive ketones (excluding diaryl/α,β-unsaturated/α-hetero) is 1. The van der Waals surface area contributed by atoms with Crippen molar-refractivity contribution in [1.29, 1.82) is 0 Å². The third kappa shape index (κ3) is 5.91. The molecular weight excluding hydrogens is 442 g/mol. The van der Waals surface area contributed by atoms with Crippen molar-refractivity contribution in [2.24, 2.45) is 0 Å². The largest absolute Gasteiger partial charge is 0.507 e. The van der Waals surface area contributed by atoms with E-state index in [4.69, 9.17) is 16.3 Å². The van der Waals surface area contributed by atoms with Crippen LogP contribution in [0.15, 0.2) is 77.7 Å². The van der Waals surface area contributed by atoms with Crippen LogP contribution >= 0.6 is 11.6 Å². The monoisotopic (exact) mass is 459 g/mol. The van der Waals surface area contributed by atoms with Gasteiger partial charge in [-0.15, -0.1) is 0 Å². The average molecular weight is 460 g/mol. The molecule has 31 heavy (non-hydrogen) atoms. The van der Waals surface area contributed by atoms with E-state index in [0.717, 1.165) is 23.8 Å². The summed E-state index contributed by atoms with van der Waals surface area (Å²) in [5, 5.41) is 10.4. The molecule has 0 saturated carbocycles. The van der Waals surface area contributed by atoms with Crippen molar-refractivity contribution in [3.05, 3.63) is 94.5 Å². The Morgan fingerprint density at radius 3 is 2.32 bits per heavy atom. The zero-order chi connectivity index (χ0) is 22.4. The second-order valence-corrected chi connectivity index (χ2v) is 8.70. The highest BCUT2D eigenvalue weighted by Crippen LogP contribution is 2.22. The van der Waals surface area contributed by atoms with Crippen LogP contribution < -0.4 is 4.72 Å². The van der Waals surface area contributed by atoms with Crippen molar-refractivity contribution in [3.63, 3.8) is 0 Å². The van der Waals surface area contributed by atoms with E-state index in [9.17, 15) is 23.1 Å². The van der Waals surface area contributed by atoms with Crippen LogP contribution in [0.5, 0.6) is 5.75 Å². The van der Waals surface area contributed by atoms with Gasteiger partial charge >= 0.3 is 5.97 Å². The van der Waals surface area contributed by atoms with Crippen LogP contribution in [0.3, 0.4) is 0 Å². The quantitative estimate of drug-likeness (QED) is 0.393. The smallest absolute Gasteiger partial charge is 0.342 e. The predicted octanol–water partition coefficient (Wildman–Crippen LogP) is 3.56. The number of nitrogens with one attached hydrogen (secondary N) is 1. The Balaban J connectivity index is 1.70. The van der Waals surface area contributed by atoms with Gasteiger partial charge in [0.15, 0.2) is 12.4 Å². The van der Waals surface area contributed by atoms with Crippen LogP contribution in [-0.4, -0.2) is 31.9 Å². The van der Waals surface area contributed by atoms with Crippen LogP contribution in [0.4, 0.5) is 0 Å². The Morgan fingerprint density at radius 2 is 1.65 bits per heavy atom. The van der Waals surface area contributed by atoms with Crippen molar-refractivity contribution in [1.82, 2.24) is 4.72 Å². The van der Waals surface area contributed by atoms with Gasteiger partial charge in [-0.05, 0) is 48.0 Å². The lowest BCUT2D eigenvalue weighted by Gasteiger charge is -2.10. The molecule has 2 N–H and O–H groups in total. The molecule has 0 unspecified atom stereocenters. The number of carbonyl (C=O) groups is 2. The second-order valence-electron chi connectivity index (χ2n) is 6.50. The summed E-state index contributed by atoms with van der Waals surface area (Å²) in [6.45, 7) is -0.525. The van der Waals surface area contributed by atoms with Gasteiger partial charge in [0.1, 0.15) is 11.3 Å². The maximum atomic E-state index is 12.6. The van der Waals surface area contributed by atoms with Crippen molar-refractivity contribution < 1.29 is 27.9 Å². The van der Waals surface area contributed by atoms with E-state index in [1.54, 1.807) is 24.3 Å². The molecular formula is C22H18ClNO6S. The molecule has 3 aromatic carbocycles. The summed E-state index contributed by atoms with van der Waals surface area (Å²) < 4.78 is 32.5. The second kappa shape index (κ2) is 9.74. The Hall–Kier alpha value is -3.20. The summed E-state index contributed by atoms with van der Waals surface area (Å²) in [5.41, 5.74) is 0.680. The molecule has 0 aromatic heterocycles. The first-order valence-corrected chi connectivity index (χ1v) is 10.9. The first-order valence-electron chi connectivity index (χ1n) is 9.09. The van der Waals surface area contributed by atoms with E-state index in [1.165, 1.54) is 24.3 Å². The molecule has 0 spiro atoms. The number of phenols is 1. The molecule has 7 nitrogen and oxygen atoms in total. The first-order chi connectivity index (χ1) is 14.8. The number of hydrogen-bond donors (Lipinski definition) is 2. The fraction of sp³-hybridized carbons (Fsp3) is 0.0909. The Morgan fingerprint density at radius 1 is 0.968 bits per heavy atom. The first kappa shape index (κ1) is 22.5. The fourth-order valence-corrected chi connectivity index (χ4v) is 3.80. The van der Waals surface area contributed by atoms with Crippen molar-refractivity contribution >= 4 is 33.4 Å². The summed E-state index contributed by atoms with van der Waals surface area (Å²) in [7, 11) is -3.96. The summed E-state index contributed by atoms with van der Waals surface area (Å²) >= 11 is 5.77. The number of aromatic hydroxyl groups is 1. The SMILES string of the molecule is O=C(COC(=O)c1cc(S(=O)(=O)NCc2ccccc2)ccc1O)c1ccc(Cl)cc1. The number of ether oxygens (including phenoxy) is 1. The number of carbonyl (C=O) groups excluding carboxylic acids is 2. The lowest BCUT2D eigenvalue weighted by atomic mass is 10.1. The molecule has 0 aliphatic heterocycles. The van der Waals surface area contributed by atoms with Gasteiger partial charge in [-0.2, -0.15) is 0 Å². The predicted molar refractivity (Wildman–Crippen MR) is 115 cm³/mol. The molecule has 160 valence electrons. The zero-order valence-corrected chi connectivity index (χ0v) is 17.7. The standard InChI is InChI=1S/C22H18ClNO6S/c23-17-8-6-16(7-9-17)21(26)14-30-22(27)19-12-18(10-11-20(19)25)31(28,29)24-13-15-4-2-1-3-5-15/h1-12,24-25H,13-14H2. The van der Waals surface area contributed by atoms with E-state index in [1.807, 2.05) is 6.07 Å². The van der Waals surface area contributed by atoms with Crippen molar-refractivity contribution in [2.75, 3.05) is 6.61 Å². The van der Waals surface area contributed by atoms with Crippen molar-refractivity contribution in [2.45, 2.75) is 11.4 Å². The molecule has 3 rings (SSSR count). The molecule has 0 saturated heterocycles. The maximum Gasteiger partial charge on any atom is 0.342 e. The minimum Gasteiger partial charge on any atom is -0.507 e. The molecule has 0 radical (unpaired) electrons. The van der Waals surface area contributed by atoms with Gasteiger partial charge in [0.25, 0.3) is 0 Å². The lowest BCUT2D eigenvalue weighted by Crippen LogP contribution is -2.23. The highest BCUT2D eigenvalue weighted by atomic mass is 35.5. The summed E-state index contributed by atoms with van der Waals surface area (Å²) in [5.74, 6) is -1.97. The molecule has 0 amide bonds. The Bertz CT molecular complexity index is 1190. The van der Waals surface area contributed by atoms with Gasteiger partial charge in [0, 0.05) is 17.1 Å². The molecule has 0 aliphatic rings. The third-order valence-corrected chi connectivity index (χ3v) is 5.96. The number of hydrogen-bond acceptors (Lipinski definition) is 6. The number of rotatable bonds is 8. The van der Waals surface area contributed by atoms with E-state index in [2.05, 4.69) is 4.72 Å². The fourth-order valence-electron chi connectivity index (χ4n) is 2.63. The number of esters is 1. The van der Waals surface area contributed by atoms with E-state index in [0.29, 0.717) is 10.6 Å². The molecule has 0 heterocycles. The van der Waals surface area contributed by atoms with E-state index < -0.39 is 34.1 Å². The van der Waals surface area contributed by atoms with E-state index >= 15 is 0 Å². The summed E-state index contributed by atoms with van der Waals surface area (Å²) in [6.07, 6.45) is 0. The molecule has 3 aromatic rings. The zero-order valence-electron chi connectivity index (χ0n) is 16.1. The summed E-state index contributed by atoms with van der Waals surface area (Å²) in [4.78, 5) is 24.3. The Labute approximate surface area is 184 Å².